The lowest BCUT2D eigenvalue weighted by atomic mass is 9.98. The molecule has 15 heavy (non-hydrogen) atoms. The monoisotopic (exact) mass is 227 g/mol. The van der Waals surface area contributed by atoms with E-state index in [1.807, 2.05) is 18.2 Å². The first kappa shape index (κ1) is 10.7. The molecule has 3 nitrogen and oxygen atoms in total. The fraction of sp³-hybridized carbons (Fsp3) is 0.455. The molecule has 1 fully saturated rings. The van der Waals surface area contributed by atoms with E-state index in [0.29, 0.717) is 12.6 Å². The highest BCUT2D eigenvalue weighted by Gasteiger charge is 2.33. The van der Waals surface area contributed by atoms with Gasteiger partial charge in [0, 0.05) is 12.1 Å². The van der Waals surface area contributed by atoms with E-state index < -0.39 is 0 Å². The summed E-state index contributed by atoms with van der Waals surface area (Å²) in [5.74, 6) is 0.970. The predicted molar refractivity (Wildman–Crippen MR) is 59.7 cm³/mol. The Hall–Kier alpha value is -0.770. The van der Waals surface area contributed by atoms with Crippen LogP contribution in [0, 0.1) is 0 Å². The van der Waals surface area contributed by atoms with Gasteiger partial charge in [0.05, 0.1) is 12.6 Å². The van der Waals surface area contributed by atoms with Crippen LogP contribution in [0.15, 0.2) is 24.3 Å². The van der Waals surface area contributed by atoms with Gasteiger partial charge in [0.25, 0.3) is 0 Å². The molecule has 0 spiro atoms. The molecule has 1 aromatic rings. The number of rotatable bonds is 0. The summed E-state index contributed by atoms with van der Waals surface area (Å²) in [5.41, 5.74) is 1.18. The fourth-order valence-electron chi connectivity index (χ4n) is 2.13. The summed E-state index contributed by atoms with van der Waals surface area (Å²) in [5, 5.41) is 3.41. The van der Waals surface area contributed by atoms with Crippen LogP contribution in [0.25, 0.3) is 0 Å². The highest BCUT2D eigenvalue weighted by Crippen LogP contribution is 2.35. The summed E-state index contributed by atoms with van der Waals surface area (Å²) < 4.78 is 11.4. The molecule has 2 unspecified atom stereocenters. The van der Waals surface area contributed by atoms with Crippen LogP contribution in [0.1, 0.15) is 11.7 Å². The SMILES string of the molecule is Cl.c1ccc2c(c1)OCC1NCCOC21. The minimum atomic E-state index is 0. The maximum Gasteiger partial charge on any atom is 0.125 e. The highest BCUT2D eigenvalue weighted by atomic mass is 35.5. The van der Waals surface area contributed by atoms with Crippen LogP contribution in [-0.4, -0.2) is 25.8 Å². The Bertz CT molecular complexity index is 345. The second-order valence-electron chi connectivity index (χ2n) is 3.70. The molecule has 1 aromatic carbocycles. The molecule has 0 bridgehead atoms. The van der Waals surface area contributed by atoms with Crippen molar-refractivity contribution < 1.29 is 9.47 Å². The van der Waals surface area contributed by atoms with E-state index >= 15 is 0 Å². The Kier molecular flexibility index (Phi) is 3.14. The molecule has 2 aliphatic heterocycles. The number of fused-ring (bicyclic) bond motifs is 3. The Morgan fingerprint density at radius 2 is 2.13 bits per heavy atom. The molecule has 0 aliphatic carbocycles. The number of hydrogen-bond acceptors (Lipinski definition) is 3. The van der Waals surface area contributed by atoms with Crippen molar-refractivity contribution in [3.05, 3.63) is 29.8 Å². The first-order valence-electron chi connectivity index (χ1n) is 5.02. The molecule has 1 N–H and O–H groups in total. The summed E-state index contributed by atoms with van der Waals surface area (Å²) in [6.45, 7) is 2.42. The van der Waals surface area contributed by atoms with Crippen molar-refractivity contribution in [2.24, 2.45) is 0 Å². The first-order valence-corrected chi connectivity index (χ1v) is 5.02. The van der Waals surface area contributed by atoms with Gasteiger partial charge in [-0.15, -0.1) is 12.4 Å². The van der Waals surface area contributed by atoms with Crippen LogP contribution >= 0.6 is 12.4 Å². The second-order valence-corrected chi connectivity index (χ2v) is 3.70. The Morgan fingerprint density at radius 1 is 1.27 bits per heavy atom. The third-order valence-corrected chi connectivity index (χ3v) is 2.82. The molecule has 82 valence electrons. The summed E-state index contributed by atoms with van der Waals surface area (Å²) in [6, 6.07) is 8.43. The van der Waals surface area contributed by atoms with E-state index in [9.17, 15) is 0 Å². The van der Waals surface area contributed by atoms with Crippen LogP contribution in [0.4, 0.5) is 0 Å². The maximum atomic E-state index is 5.77. The van der Waals surface area contributed by atoms with Gasteiger partial charge in [0.2, 0.25) is 0 Å². The topological polar surface area (TPSA) is 30.5 Å². The number of hydrogen-bond donors (Lipinski definition) is 1. The first-order chi connectivity index (χ1) is 6.95. The highest BCUT2D eigenvalue weighted by molar-refractivity contribution is 5.85. The summed E-state index contributed by atoms with van der Waals surface area (Å²) in [7, 11) is 0. The lowest BCUT2D eigenvalue weighted by Crippen LogP contribution is -2.48. The number of nitrogens with one attached hydrogen (secondary N) is 1. The average Bonchev–Trinajstić information content (AvgIpc) is 2.29. The Morgan fingerprint density at radius 3 is 3.07 bits per heavy atom. The number of halogens is 1. The van der Waals surface area contributed by atoms with Crippen molar-refractivity contribution in [2.75, 3.05) is 19.8 Å². The van der Waals surface area contributed by atoms with Crippen LogP contribution in [0.3, 0.4) is 0 Å². The zero-order valence-electron chi connectivity index (χ0n) is 8.31. The second kappa shape index (κ2) is 4.39. The average molecular weight is 228 g/mol. The molecule has 2 heterocycles. The summed E-state index contributed by atoms with van der Waals surface area (Å²) in [4.78, 5) is 0. The zero-order chi connectivity index (χ0) is 9.38. The van der Waals surface area contributed by atoms with Gasteiger partial charge in [0.15, 0.2) is 0 Å². The van der Waals surface area contributed by atoms with Gasteiger partial charge in [-0.2, -0.15) is 0 Å². The van der Waals surface area contributed by atoms with E-state index in [2.05, 4.69) is 11.4 Å². The Labute approximate surface area is 95.2 Å². The molecular formula is C11H14ClNO2. The molecule has 2 aliphatic rings. The lowest BCUT2D eigenvalue weighted by molar-refractivity contribution is -0.0307. The van der Waals surface area contributed by atoms with Crippen LogP contribution in [0.2, 0.25) is 0 Å². The minimum absolute atomic E-state index is 0. The van der Waals surface area contributed by atoms with E-state index in [-0.39, 0.29) is 18.5 Å². The number of para-hydroxylation sites is 1. The third-order valence-electron chi connectivity index (χ3n) is 2.82. The van der Waals surface area contributed by atoms with Gasteiger partial charge in [-0.3, -0.25) is 0 Å². The minimum Gasteiger partial charge on any atom is -0.491 e. The molecule has 0 radical (unpaired) electrons. The van der Waals surface area contributed by atoms with Crippen molar-refractivity contribution in [2.45, 2.75) is 12.1 Å². The van der Waals surface area contributed by atoms with Gasteiger partial charge in [-0.25, -0.2) is 0 Å². The zero-order valence-corrected chi connectivity index (χ0v) is 9.13. The molecule has 4 heteroatoms. The number of morpholine rings is 1. The summed E-state index contributed by atoms with van der Waals surface area (Å²) in [6.07, 6.45) is 0.175. The van der Waals surface area contributed by atoms with Gasteiger partial charge in [-0.1, -0.05) is 18.2 Å². The summed E-state index contributed by atoms with van der Waals surface area (Å²) >= 11 is 0. The number of benzene rings is 1. The molecular weight excluding hydrogens is 214 g/mol. The molecule has 0 aromatic heterocycles. The molecule has 0 amide bonds. The van der Waals surface area contributed by atoms with Crippen LogP contribution in [-0.2, 0) is 4.74 Å². The number of ether oxygens (including phenoxy) is 2. The van der Waals surface area contributed by atoms with Crippen LogP contribution < -0.4 is 10.1 Å². The largest absolute Gasteiger partial charge is 0.491 e. The quantitative estimate of drug-likeness (QED) is 0.729. The predicted octanol–water partition coefficient (Wildman–Crippen LogP) is 1.53. The normalized spacial score (nSPS) is 28.0. The van der Waals surface area contributed by atoms with Crippen LogP contribution in [0.5, 0.6) is 5.75 Å². The Balaban J connectivity index is 0.000000853. The van der Waals surface area contributed by atoms with Gasteiger partial charge in [0.1, 0.15) is 18.5 Å². The lowest BCUT2D eigenvalue weighted by Gasteiger charge is -2.37. The van der Waals surface area contributed by atoms with E-state index in [1.165, 1.54) is 5.56 Å². The van der Waals surface area contributed by atoms with E-state index in [4.69, 9.17) is 9.47 Å². The van der Waals surface area contributed by atoms with Gasteiger partial charge in [-0.05, 0) is 6.07 Å². The van der Waals surface area contributed by atoms with E-state index in [1.54, 1.807) is 0 Å². The third kappa shape index (κ3) is 1.83. The van der Waals surface area contributed by atoms with Crippen molar-refractivity contribution in [3.63, 3.8) is 0 Å². The maximum absolute atomic E-state index is 5.77. The molecule has 0 saturated carbocycles. The van der Waals surface area contributed by atoms with Gasteiger partial charge < -0.3 is 14.8 Å². The smallest absolute Gasteiger partial charge is 0.125 e. The van der Waals surface area contributed by atoms with Crippen molar-refractivity contribution in [1.29, 1.82) is 0 Å². The van der Waals surface area contributed by atoms with E-state index in [0.717, 1.165) is 18.9 Å². The van der Waals surface area contributed by atoms with Crippen molar-refractivity contribution in [3.8, 4) is 5.75 Å². The standard InChI is InChI=1S/C11H13NO2.ClH/c1-2-4-10-8(3-1)11-9(7-14-10)12-5-6-13-11;/h1-4,9,11-12H,5-7H2;1H. The van der Waals surface area contributed by atoms with Crippen molar-refractivity contribution in [1.82, 2.24) is 5.32 Å². The fourth-order valence-corrected chi connectivity index (χ4v) is 2.13. The van der Waals surface area contributed by atoms with Gasteiger partial charge >= 0.3 is 0 Å². The molecule has 3 rings (SSSR count). The molecule has 2 atom stereocenters. The molecule has 1 saturated heterocycles. The van der Waals surface area contributed by atoms with Crippen molar-refractivity contribution >= 4 is 12.4 Å².